The molecule has 2 heteroatoms. The maximum absolute atomic E-state index is 13.3. The van der Waals surface area contributed by atoms with Gasteiger partial charge in [0.2, 0.25) is 5.91 Å². The van der Waals surface area contributed by atoms with Crippen molar-refractivity contribution in [1.82, 2.24) is 4.90 Å². The first-order chi connectivity index (χ1) is 10.3. The van der Waals surface area contributed by atoms with Crippen LogP contribution in [0.1, 0.15) is 56.9 Å². The van der Waals surface area contributed by atoms with Crippen molar-refractivity contribution < 1.29 is 4.79 Å². The molecule has 3 aliphatic rings. The minimum absolute atomic E-state index is 0.322. The van der Waals surface area contributed by atoms with E-state index >= 15 is 0 Å². The molecule has 21 heavy (non-hydrogen) atoms. The summed E-state index contributed by atoms with van der Waals surface area (Å²) in [6.45, 7) is 0.937. The molecule has 110 valence electrons. The van der Waals surface area contributed by atoms with Crippen molar-refractivity contribution in [2.24, 2.45) is 0 Å². The molecule has 1 aromatic rings. The number of fused-ring (bicyclic) bond motifs is 4. The highest BCUT2D eigenvalue weighted by Crippen LogP contribution is 2.52. The highest BCUT2D eigenvalue weighted by molar-refractivity contribution is 5.97. The molecule has 0 aromatic heterocycles. The molecule has 0 saturated carbocycles. The monoisotopic (exact) mass is 281 g/mol. The molecule has 0 radical (unpaired) electrons. The molecule has 2 aliphatic heterocycles. The van der Waals surface area contributed by atoms with E-state index in [0.29, 0.717) is 5.91 Å². The van der Waals surface area contributed by atoms with E-state index in [2.05, 4.69) is 35.2 Å². The van der Waals surface area contributed by atoms with Crippen molar-refractivity contribution in [2.75, 3.05) is 6.54 Å². The molecule has 2 bridgehead atoms. The van der Waals surface area contributed by atoms with Crippen molar-refractivity contribution in [3.63, 3.8) is 0 Å². The first-order valence-corrected chi connectivity index (χ1v) is 8.44. The van der Waals surface area contributed by atoms with Gasteiger partial charge in [0.15, 0.2) is 0 Å². The molecule has 1 aliphatic carbocycles. The van der Waals surface area contributed by atoms with Crippen LogP contribution >= 0.6 is 0 Å². The molecule has 2 heterocycles. The maximum Gasteiger partial charge on any atom is 0.241 e. The molecule has 1 amide bonds. The van der Waals surface area contributed by atoms with Crippen molar-refractivity contribution >= 4 is 5.91 Å². The van der Waals surface area contributed by atoms with E-state index in [0.717, 1.165) is 32.2 Å². The van der Waals surface area contributed by atoms with E-state index in [-0.39, 0.29) is 5.41 Å². The van der Waals surface area contributed by atoms with Crippen LogP contribution in [0, 0.1) is 0 Å². The number of nitrogens with zero attached hydrogens (tertiary/aromatic N) is 1. The van der Waals surface area contributed by atoms with E-state index in [1.165, 1.54) is 42.5 Å². The molecule has 4 rings (SSSR count). The van der Waals surface area contributed by atoms with Crippen LogP contribution in [0.4, 0.5) is 0 Å². The van der Waals surface area contributed by atoms with Crippen LogP contribution in [-0.4, -0.2) is 17.4 Å². The number of carbonyl (C=O) groups excluding carboxylic acids is 1. The molecule has 1 aromatic carbocycles. The first-order valence-electron chi connectivity index (χ1n) is 8.44. The fourth-order valence-corrected chi connectivity index (χ4v) is 4.62. The quantitative estimate of drug-likeness (QED) is 0.756. The Morgan fingerprint density at radius 2 is 1.71 bits per heavy atom. The Bertz CT molecular complexity index is 589. The van der Waals surface area contributed by atoms with Crippen LogP contribution in [-0.2, 0) is 10.2 Å². The fourth-order valence-electron chi connectivity index (χ4n) is 4.62. The van der Waals surface area contributed by atoms with E-state index in [4.69, 9.17) is 0 Å². The number of hydrogen-bond donors (Lipinski definition) is 0. The van der Waals surface area contributed by atoms with Crippen molar-refractivity contribution in [3.8, 4) is 0 Å². The van der Waals surface area contributed by atoms with Crippen LogP contribution in [0.2, 0.25) is 0 Å². The van der Waals surface area contributed by atoms with E-state index in [1.807, 2.05) is 0 Å². The number of amides is 1. The Morgan fingerprint density at radius 3 is 2.57 bits per heavy atom. The van der Waals surface area contributed by atoms with E-state index < -0.39 is 0 Å². The van der Waals surface area contributed by atoms with Crippen LogP contribution in [0.3, 0.4) is 0 Å². The average molecular weight is 281 g/mol. The predicted molar refractivity (Wildman–Crippen MR) is 83.8 cm³/mol. The minimum Gasteiger partial charge on any atom is -0.315 e. The number of hydrogen-bond acceptors (Lipinski definition) is 1. The molecule has 1 unspecified atom stereocenters. The van der Waals surface area contributed by atoms with Crippen molar-refractivity contribution in [3.05, 3.63) is 47.2 Å². The predicted octanol–water partition coefficient (Wildman–Crippen LogP) is 4.17. The highest BCUT2D eigenvalue weighted by atomic mass is 16.2. The molecule has 0 spiro atoms. The first kappa shape index (κ1) is 13.1. The smallest absolute Gasteiger partial charge is 0.241 e. The van der Waals surface area contributed by atoms with E-state index in [9.17, 15) is 4.79 Å². The number of benzene rings is 1. The molecule has 2 nitrogen and oxygen atoms in total. The molecular formula is C19H23NO. The van der Waals surface area contributed by atoms with Gasteiger partial charge in [0.1, 0.15) is 0 Å². The lowest BCUT2D eigenvalue weighted by Gasteiger charge is -2.33. The Hall–Kier alpha value is -1.57. The zero-order valence-electron chi connectivity index (χ0n) is 12.6. The van der Waals surface area contributed by atoms with Crippen LogP contribution in [0.15, 0.2) is 41.6 Å². The lowest BCUT2D eigenvalue weighted by Crippen LogP contribution is -2.42. The number of allylic oxidation sites excluding steroid dienone is 1. The third-order valence-corrected chi connectivity index (χ3v) is 5.59. The minimum atomic E-state index is -0.322. The van der Waals surface area contributed by atoms with Gasteiger partial charge in [0.25, 0.3) is 0 Å². The van der Waals surface area contributed by atoms with Crippen LogP contribution < -0.4 is 0 Å². The Kier molecular flexibility index (Phi) is 3.13. The highest BCUT2D eigenvalue weighted by Gasteiger charge is 2.53. The Labute approximate surface area is 126 Å². The van der Waals surface area contributed by atoms with Crippen LogP contribution in [0.25, 0.3) is 0 Å². The second-order valence-electron chi connectivity index (χ2n) is 6.67. The zero-order valence-corrected chi connectivity index (χ0v) is 12.6. The summed E-state index contributed by atoms with van der Waals surface area (Å²) in [5.74, 6) is 0.375. The summed E-state index contributed by atoms with van der Waals surface area (Å²) in [6.07, 6.45) is 9.30. The average Bonchev–Trinajstić information content (AvgIpc) is 2.81. The summed E-state index contributed by atoms with van der Waals surface area (Å²) in [6, 6.07) is 10.6. The van der Waals surface area contributed by atoms with Gasteiger partial charge in [0.05, 0.1) is 5.41 Å². The van der Waals surface area contributed by atoms with Gasteiger partial charge >= 0.3 is 0 Å². The number of rotatable bonds is 1. The van der Waals surface area contributed by atoms with Crippen molar-refractivity contribution in [1.29, 1.82) is 0 Å². The summed E-state index contributed by atoms with van der Waals surface area (Å²) >= 11 is 0. The van der Waals surface area contributed by atoms with Crippen LogP contribution in [0.5, 0.6) is 0 Å². The third kappa shape index (κ3) is 1.81. The van der Waals surface area contributed by atoms with Gasteiger partial charge in [-0.3, -0.25) is 4.79 Å². The van der Waals surface area contributed by atoms with Gasteiger partial charge in [-0.2, -0.15) is 0 Å². The van der Waals surface area contributed by atoms with Gasteiger partial charge in [-0.05, 0) is 49.7 Å². The van der Waals surface area contributed by atoms with Gasteiger partial charge < -0.3 is 4.90 Å². The summed E-state index contributed by atoms with van der Waals surface area (Å²) < 4.78 is 0. The third-order valence-electron chi connectivity index (χ3n) is 5.59. The summed E-state index contributed by atoms with van der Waals surface area (Å²) in [4.78, 5) is 15.5. The van der Waals surface area contributed by atoms with E-state index in [1.54, 1.807) is 0 Å². The van der Waals surface area contributed by atoms with Gasteiger partial charge in [0, 0.05) is 12.2 Å². The molecule has 1 saturated heterocycles. The Balaban J connectivity index is 1.92. The van der Waals surface area contributed by atoms with Gasteiger partial charge in [-0.1, -0.05) is 43.2 Å². The molecular weight excluding hydrogens is 258 g/mol. The Morgan fingerprint density at radius 1 is 0.905 bits per heavy atom. The van der Waals surface area contributed by atoms with Crippen molar-refractivity contribution in [2.45, 2.75) is 56.8 Å². The molecule has 0 N–H and O–H groups in total. The summed E-state index contributed by atoms with van der Waals surface area (Å²) in [5, 5.41) is 0. The molecule has 1 fully saturated rings. The lowest BCUT2D eigenvalue weighted by molar-refractivity contribution is -0.133. The standard InChI is InChI=1S/C19H23NO/c21-18-19(15-9-3-1-4-10-15)13-7-2-8-14-20(18)17-12-6-5-11-16(17)19/h1,3-4,9-10H,2,5-8,11-14H2. The normalized spacial score (nSPS) is 29.1. The summed E-state index contributed by atoms with van der Waals surface area (Å²) in [5.41, 5.74) is 3.76. The van der Waals surface area contributed by atoms with Gasteiger partial charge in [-0.15, -0.1) is 0 Å². The SMILES string of the molecule is O=C1N2CCCCCC1(c1ccccc1)C1=C2CCCC1. The fraction of sp³-hybridized carbons (Fsp3) is 0.526. The maximum atomic E-state index is 13.3. The summed E-state index contributed by atoms with van der Waals surface area (Å²) in [7, 11) is 0. The lowest BCUT2D eigenvalue weighted by atomic mass is 9.68. The van der Waals surface area contributed by atoms with Gasteiger partial charge in [-0.25, -0.2) is 0 Å². The largest absolute Gasteiger partial charge is 0.315 e. The zero-order chi connectivity index (χ0) is 14.3. The molecule has 1 atom stereocenters. The second-order valence-corrected chi connectivity index (χ2v) is 6.67. The number of carbonyl (C=O) groups is 1. The topological polar surface area (TPSA) is 20.3 Å². The second kappa shape index (κ2) is 5.01.